The van der Waals surface area contributed by atoms with Crippen molar-refractivity contribution in [2.45, 2.75) is 6.04 Å². The second-order valence-electron chi connectivity index (χ2n) is 6.15. The lowest BCUT2D eigenvalue weighted by Gasteiger charge is -2.24. The monoisotopic (exact) mass is 339 g/mol. The number of hydrogen-bond acceptors (Lipinski definition) is 2. The second kappa shape index (κ2) is 6.81. The molecule has 2 amide bonds. The third-order valence-electron chi connectivity index (χ3n) is 4.52. The maximum absolute atomic E-state index is 12.9. The van der Waals surface area contributed by atoms with Crippen LogP contribution in [0.25, 0.3) is 6.08 Å². The maximum Gasteiger partial charge on any atom is 0.262 e. The number of carbonyl (C=O) groups excluding carboxylic acids is 2. The maximum atomic E-state index is 12.9. The van der Waals surface area contributed by atoms with E-state index < -0.39 is 6.04 Å². The van der Waals surface area contributed by atoms with E-state index in [9.17, 15) is 9.59 Å². The first-order valence-corrected chi connectivity index (χ1v) is 8.51. The van der Waals surface area contributed by atoms with Crippen molar-refractivity contribution in [1.82, 2.24) is 4.90 Å². The van der Waals surface area contributed by atoms with Gasteiger partial charge in [-0.15, -0.1) is 0 Å². The Morgan fingerprint density at radius 3 is 1.73 bits per heavy atom. The zero-order valence-electron chi connectivity index (χ0n) is 14.1. The molecule has 4 rings (SSSR count). The third kappa shape index (κ3) is 2.84. The molecule has 3 nitrogen and oxygen atoms in total. The summed E-state index contributed by atoms with van der Waals surface area (Å²) in [6.07, 6.45) is 3.85. The molecule has 3 aromatic carbocycles. The fourth-order valence-corrected chi connectivity index (χ4v) is 3.22. The van der Waals surface area contributed by atoms with Gasteiger partial charge in [-0.1, -0.05) is 84.9 Å². The molecule has 1 aliphatic rings. The van der Waals surface area contributed by atoms with E-state index in [0.29, 0.717) is 11.1 Å². The molecule has 1 unspecified atom stereocenters. The number of rotatable bonds is 4. The van der Waals surface area contributed by atoms with Gasteiger partial charge in [0.2, 0.25) is 0 Å². The molecule has 0 radical (unpaired) electrons. The quantitative estimate of drug-likeness (QED) is 0.644. The van der Waals surface area contributed by atoms with Gasteiger partial charge in [-0.2, -0.15) is 0 Å². The van der Waals surface area contributed by atoms with Gasteiger partial charge in [-0.3, -0.25) is 14.5 Å². The van der Waals surface area contributed by atoms with Crippen molar-refractivity contribution in [2.75, 3.05) is 0 Å². The predicted molar refractivity (Wildman–Crippen MR) is 102 cm³/mol. The van der Waals surface area contributed by atoms with Crippen LogP contribution in [0, 0.1) is 0 Å². The molecule has 0 N–H and O–H groups in total. The zero-order valence-corrected chi connectivity index (χ0v) is 14.1. The van der Waals surface area contributed by atoms with Crippen LogP contribution in [0.2, 0.25) is 0 Å². The molecule has 0 bridgehead atoms. The summed E-state index contributed by atoms with van der Waals surface area (Å²) in [7, 11) is 0. The summed E-state index contributed by atoms with van der Waals surface area (Å²) in [5, 5.41) is 0. The minimum absolute atomic E-state index is 0.253. The topological polar surface area (TPSA) is 37.4 Å². The Morgan fingerprint density at radius 1 is 0.654 bits per heavy atom. The van der Waals surface area contributed by atoms with Crippen LogP contribution in [0.4, 0.5) is 0 Å². The summed E-state index contributed by atoms with van der Waals surface area (Å²) in [6.45, 7) is 0. The van der Waals surface area contributed by atoms with E-state index in [4.69, 9.17) is 0 Å². The van der Waals surface area contributed by atoms with Crippen LogP contribution >= 0.6 is 0 Å². The summed E-state index contributed by atoms with van der Waals surface area (Å²) >= 11 is 0. The van der Waals surface area contributed by atoms with Crippen LogP contribution in [0.5, 0.6) is 0 Å². The summed E-state index contributed by atoms with van der Waals surface area (Å²) in [5.74, 6) is -0.505. The molecule has 1 heterocycles. The first kappa shape index (κ1) is 16.0. The van der Waals surface area contributed by atoms with Crippen molar-refractivity contribution in [3.05, 3.63) is 113 Å². The molecule has 0 saturated carbocycles. The van der Waals surface area contributed by atoms with E-state index in [-0.39, 0.29) is 11.8 Å². The highest BCUT2D eigenvalue weighted by Gasteiger charge is 2.39. The third-order valence-corrected chi connectivity index (χ3v) is 4.52. The number of carbonyl (C=O) groups is 2. The van der Waals surface area contributed by atoms with Crippen molar-refractivity contribution in [2.24, 2.45) is 0 Å². The Balaban J connectivity index is 1.76. The number of fused-ring (bicyclic) bond motifs is 1. The average Bonchev–Trinajstić information content (AvgIpc) is 2.95. The number of benzene rings is 3. The standard InChI is InChI=1S/C23H17NO2/c25-22-19-13-7-8-14-20(19)23(26)24(22)21(18-11-5-2-6-12-18)16-15-17-9-3-1-4-10-17/h1-16,21H/b16-15+. The van der Waals surface area contributed by atoms with Crippen LogP contribution in [0.15, 0.2) is 91.0 Å². The first-order valence-electron chi connectivity index (χ1n) is 8.51. The van der Waals surface area contributed by atoms with Gasteiger partial charge in [0, 0.05) is 0 Å². The Kier molecular flexibility index (Phi) is 4.20. The molecule has 3 aromatic rings. The summed E-state index contributed by atoms with van der Waals surface area (Å²) < 4.78 is 0. The van der Waals surface area contributed by atoms with Gasteiger partial charge in [0.15, 0.2) is 0 Å². The van der Waals surface area contributed by atoms with E-state index in [1.54, 1.807) is 24.3 Å². The average molecular weight is 339 g/mol. The van der Waals surface area contributed by atoms with E-state index in [1.165, 1.54) is 4.90 Å². The van der Waals surface area contributed by atoms with E-state index in [0.717, 1.165) is 11.1 Å². The Hall–Kier alpha value is -3.46. The van der Waals surface area contributed by atoms with E-state index in [1.807, 2.05) is 72.8 Å². The van der Waals surface area contributed by atoms with Gasteiger partial charge in [0.25, 0.3) is 11.8 Å². The lowest BCUT2D eigenvalue weighted by atomic mass is 10.0. The smallest absolute Gasteiger partial charge is 0.262 e. The number of nitrogens with zero attached hydrogens (tertiary/aromatic N) is 1. The molecule has 0 fully saturated rings. The molecule has 3 heteroatoms. The van der Waals surface area contributed by atoms with Gasteiger partial charge in [-0.05, 0) is 23.3 Å². The highest BCUT2D eigenvalue weighted by Crippen LogP contribution is 2.32. The minimum Gasteiger partial charge on any atom is -0.269 e. The Labute approximate surface area is 152 Å². The van der Waals surface area contributed by atoms with Crippen molar-refractivity contribution >= 4 is 17.9 Å². The largest absolute Gasteiger partial charge is 0.269 e. The van der Waals surface area contributed by atoms with E-state index >= 15 is 0 Å². The molecule has 1 aliphatic heterocycles. The van der Waals surface area contributed by atoms with Gasteiger partial charge in [0.05, 0.1) is 17.2 Å². The molecule has 26 heavy (non-hydrogen) atoms. The fourth-order valence-electron chi connectivity index (χ4n) is 3.22. The van der Waals surface area contributed by atoms with Crippen molar-refractivity contribution in [3.63, 3.8) is 0 Å². The molecule has 126 valence electrons. The molecular weight excluding hydrogens is 322 g/mol. The van der Waals surface area contributed by atoms with Crippen molar-refractivity contribution in [3.8, 4) is 0 Å². The van der Waals surface area contributed by atoms with Crippen molar-refractivity contribution in [1.29, 1.82) is 0 Å². The predicted octanol–water partition coefficient (Wildman–Crippen LogP) is 4.74. The summed E-state index contributed by atoms with van der Waals surface area (Å²) in [5.41, 5.74) is 2.84. The minimum atomic E-state index is -0.455. The highest BCUT2D eigenvalue weighted by molar-refractivity contribution is 6.21. The Bertz CT molecular complexity index is 942. The summed E-state index contributed by atoms with van der Waals surface area (Å²) in [6, 6.07) is 26.0. The van der Waals surface area contributed by atoms with Crippen molar-refractivity contribution < 1.29 is 9.59 Å². The molecule has 0 saturated heterocycles. The van der Waals surface area contributed by atoms with Gasteiger partial charge in [-0.25, -0.2) is 0 Å². The lowest BCUT2D eigenvalue weighted by Crippen LogP contribution is -2.33. The van der Waals surface area contributed by atoms with Gasteiger partial charge < -0.3 is 0 Å². The molecule has 1 atom stereocenters. The molecule has 0 aliphatic carbocycles. The first-order chi connectivity index (χ1) is 12.8. The number of imide groups is 1. The highest BCUT2D eigenvalue weighted by atomic mass is 16.2. The normalized spacial score (nSPS) is 14.7. The lowest BCUT2D eigenvalue weighted by molar-refractivity contribution is 0.0614. The Morgan fingerprint density at radius 2 is 1.15 bits per heavy atom. The molecule has 0 spiro atoms. The second-order valence-corrected chi connectivity index (χ2v) is 6.15. The zero-order chi connectivity index (χ0) is 17.9. The van der Waals surface area contributed by atoms with E-state index in [2.05, 4.69) is 0 Å². The van der Waals surface area contributed by atoms with Crippen LogP contribution in [0.1, 0.15) is 37.9 Å². The SMILES string of the molecule is O=C1c2ccccc2C(=O)N1C(/C=C/c1ccccc1)c1ccccc1. The molecule has 0 aromatic heterocycles. The summed E-state index contributed by atoms with van der Waals surface area (Å²) in [4.78, 5) is 27.2. The van der Waals surface area contributed by atoms with Gasteiger partial charge in [0.1, 0.15) is 0 Å². The number of hydrogen-bond donors (Lipinski definition) is 0. The fraction of sp³-hybridized carbons (Fsp3) is 0.0435. The van der Waals surface area contributed by atoms with Gasteiger partial charge >= 0.3 is 0 Å². The number of amides is 2. The van der Waals surface area contributed by atoms with Crippen LogP contribution in [-0.2, 0) is 0 Å². The van der Waals surface area contributed by atoms with Crippen LogP contribution in [-0.4, -0.2) is 16.7 Å². The van der Waals surface area contributed by atoms with Crippen LogP contribution < -0.4 is 0 Å². The molecular formula is C23H17NO2. The van der Waals surface area contributed by atoms with Crippen LogP contribution in [0.3, 0.4) is 0 Å².